The number of rotatable bonds is 4. The first-order valence-corrected chi connectivity index (χ1v) is 7.22. The highest BCUT2D eigenvalue weighted by Crippen LogP contribution is 2.22. The molecule has 2 heterocycles. The van der Waals surface area contributed by atoms with Gasteiger partial charge in [-0.2, -0.15) is 5.10 Å². The van der Waals surface area contributed by atoms with Crippen molar-refractivity contribution in [3.8, 4) is 0 Å². The fraction of sp³-hybridized carbons (Fsp3) is 0.267. The van der Waals surface area contributed by atoms with Crippen LogP contribution in [0.5, 0.6) is 0 Å². The van der Waals surface area contributed by atoms with Gasteiger partial charge in [-0.15, -0.1) is 0 Å². The predicted molar refractivity (Wildman–Crippen MR) is 84.5 cm³/mol. The van der Waals surface area contributed by atoms with Crippen LogP contribution in [0.4, 0.5) is 5.82 Å². The maximum absolute atomic E-state index is 5.99. The van der Waals surface area contributed by atoms with Gasteiger partial charge in [0.2, 0.25) is 5.28 Å². The first-order valence-electron chi connectivity index (χ1n) is 6.85. The number of aromatic nitrogens is 4. The van der Waals surface area contributed by atoms with E-state index in [0.29, 0.717) is 6.54 Å². The topological polar surface area (TPSA) is 55.6 Å². The molecule has 3 rings (SSSR count). The molecule has 0 aliphatic carbocycles. The highest BCUT2D eigenvalue weighted by molar-refractivity contribution is 6.28. The Kier molecular flexibility index (Phi) is 3.75. The summed E-state index contributed by atoms with van der Waals surface area (Å²) >= 11 is 5.99. The van der Waals surface area contributed by atoms with E-state index in [0.717, 1.165) is 28.8 Å². The molecule has 0 saturated heterocycles. The summed E-state index contributed by atoms with van der Waals surface area (Å²) in [7, 11) is 1.93. The first kappa shape index (κ1) is 13.8. The third-order valence-electron chi connectivity index (χ3n) is 3.35. The molecular weight excluding hydrogens is 286 g/mol. The number of nitrogens with zero attached hydrogens (tertiary/aromatic N) is 4. The second-order valence-electron chi connectivity index (χ2n) is 4.84. The van der Waals surface area contributed by atoms with Gasteiger partial charge in [0, 0.05) is 30.7 Å². The van der Waals surface area contributed by atoms with E-state index < -0.39 is 0 Å². The van der Waals surface area contributed by atoms with E-state index in [2.05, 4.69) is 27.3 Å². The number of benzene rings is 1. The maximum atomic E-state index is 5.99. The zero-order valence-corrected chi connectivity index (χ0v) is 12.7. The predicted octanol–water partition coefficient (Wildman–Crippen LogP) is 3.19. The summed E-state index contributed by atoms with van der Waals surface area (Å²) in [6, 6.07) is 7.81. The van der Waals surface area contributed by atoms with Crippen molar-refractivity contribution < 1.29 is 0 Å². The van der Waals surface area contributed by atoms with Crippen LogP contribution in [-0.2, 0) is 20.0 Å². The van der Waals surface area contributed by atoms with Crippen molar-refractivity contribution in [2.45, 2.75) is 19.9 Å². The molecule has 21 heavy (non-hydrogen) atoms. The molecule has 3 aromatic rings. The lowest BCUT2D eigenvalue weighted by Crippen LogP contribution is -2.04. The molecule has 0 unspecified atom stereocenters. The quantitative estimate of drug-likeness (QED) is 0.752. The molecule has 5 nitrogen and oxygen atoms in total. The second-order valence-corrected chi connectivity index (χ2v) is 5.18. The van der Waals surface area contributed by atoms with Gasteiger partial charge in [-0.25, -0.2) is 9.97 Å². The van der Waals surface area contributed by atoms with Gasteiger partial charge in [0.1, 0.15) is 5.82 Å². The van der Waals surface area contributed by atoms with Crippen molar-refractivity contribution in [3.63, 3.8) is 0 Å². The largest absolute Gasteiger partial charge is 0.365 e. The van der Waals surface area contributed by atoms with Crippen molar-refractivity contribution in [2.75, 3.05) is 5.32 Å². The Balaban J connectivity index is 1.91. The number of halogens is 1. The van der Waals surface area contributed by atoms with Crippen molar-refractivity contribution in [3.05, 3.63) is 47.0 Å². The molecule has 0 radical (unpaired) electrons. The van der Waals surface area contributed by atoms with Crippen molar-refractivity contribution in [1.29, 1.82) is 0 Å². The zero-order chi connectivity index (χ0) is 14.8. The lowest BCUT2D eigenvalue weighted by atomic mass is 10.2. The summed E-state index contributed by atoms with van der Waals surface area (Å²) in [6.45, 7) is 2.76. The number of anilines is 1. The van der Waals surface area contributed by atoms with Gasteiger partial charge in [-0.3, -0.25) is 4.68 Å². The van der Waals surface area contributed by atoms with E-state index in [1.54, 1.807) is 0 Å². The van der Waals surface area contributed by atoms with Crippen molar-refractivity contribution >= 4 is 28.3 Å². The molecule has 0 spiro atoms. The van der Waals surface area contributed by atoms with Crippen LogP contribution in [0, 0.1) is 0 Å². The molecule has 1 N–H and O–H groups in total. The zero-order valence-electron chi connectivity index (χ0n) is 12.0. The van der Waals surface area contributed by atoms with Gasteiger partial charge in [-0.05, 0) is 30.2 Å². The van der Waals surface area contributed by atoms with E-state index in [9.17, 15) is 0 Å². The van der Waals surface area contributed by atoms with Crippen LogP contribution in [-0.4, -0.2) is 19.7 Å². The third kappa shape index (κ3) is 2.83. The lowest BCUT2D eigenvalue weighted by molar-refractivity contribution is 0.746. The Hall–Kier alpha value is -2.14. The number of hydrogen-bond acceptors (Lipinski definition) is 4. The summed E-state index contributed by atoms with van der Waals surface area (Å²) in [5.74, 6) is 0.747. The summed E-state index contributed by atoms with van der Waals surface area (Å²) < 4.78 is 1.83. The summed E-state index contributed by atoms with van der Waals surface area (Å²) in [4.78, 5) is 8.52. The number of para-hydroxylation sites is 1. The van der Waals surface area contributed by atoms with E-state index in [1.807, 2.05) is 42.2 Å². The first-order chi connectivity index (χ1) is 10.2. The van der Waals surface area contributed by atoms with Gasteiger partial charge in [0.05, 0.1) is 11.2 Å². The van der Waals surface area contributed by atoms with Crippen LogP contribution in [0.2, 0.25) is 5.28 Å². The number of aryl methyl sites for hydroxylation is 2. The average Bonchev–Trinajstić information content (AvgIpc) is 2.84. The molecule has 2 aromatic heterocycles. The molecule has 0 aliphatic rings. The SMILES string of the molecule is CCc1nn(C)cc1CNc1nc(Cl)nc2ccccc12. The van der Waals surface area contributed by atoms with Crippen LogP contribution in [0.25, 0.3) is 10.9 Å². The molecule has 0 atom stereocenters. The molecule has 0 saturated carbocycles. The number of nitrogens with one attached hydrogen (secondary N) is 1. The molecule has 6 heteroatoms. The Morgan fingerprint density at radius 2 is 2.05 bits per heavy atom. The normalized spacial score (nSPS) is 11.0. The van der Waals surface area contributed by atoms with Crippen LogP contribution in [0.15, 0.2) is 30.5 Å². The van der Waals surface area contributed by atoms with Gasteiger partial charge in [0.15, 0.2) is 0 Å². The fourth-order valence-electron chi connectivity index (χ4n) is 2.39. The van der Waals surface area contributed by atoms with Crippen molar-refractivity contribution in [1.82, 2.24) is 19.7 Å². The highest BCUT2D eigenvalue weighted by atomic mass is 35.5. The Morgan fingerprint density at radius 1 is 1.24 bits per heavy atom. The standard InChI is InChI=1S/C15H16ClN5/c1-3-12-10(9-21(2)20-12)8-17-14-11-6-4-5-7-13(11)18-15(16)19-14/h4-7,9H,3,8H2,1-2H3,(H,17,18,19). The van der Waals surface area contributed by atoms with Crippen molar-refractivity contribution in [2.24, 2.45) is 7.05 Å². The number of hydrogen-bond donors (Lipinski definition) is 1. The highest BCUT2D eigenvalue weighted by Gasteiger charge is 2.09. The minimum atomic E-state index is 0.248. The fourth-order valence-corrected chi connectivity index (χ4v) is 2.57. The Labute approximate surface area is 128 Å². The van der Waals surface area contributed by atoms with E-state index >= 15 is 0 Å². The van der Waals surface area contributed by atoms with Crippen LogP contribution in [0.3, 0.4) is 0 Å². The van der Waals surface area contributed by atoms with E-state index in [-0.39, 0.29) is 5.28 Å². The summed E-state index contributed by atoms with van der Waals surface area (Å²) in [6.07, 6.45) is 2.93. The minimum absolute atomic E-state index is 0.248. The van der Waals surface area contributed by atoms with Crippen LogP contribution >= 0.6 is 11.6 Å². The van der Waals surface area contributed by atoms with Crippen LogP contribution < -0.4 is 5.32 Å². The molecule has 1 aromatic carbocycles. The van der Waals surface area contributed by atoms with E-state index in [4.69, 9.17) is 11.6 Å². The molecule has 108 valence electrons. The molecule has 0 bridgehead atoms. The van der Waals surface area contributed by atoms with Gasteiger partial charge in [0.25, 0.3) is 0 Å². The maximum Gasteiger partial charge on any atom is 0.224 e. The van der Waals surface area contributed by atoms with Gasteiger partial charge >= 0.3 is 0 Å². The molecule has 0 aliphatic heterocycles. The Bertz CT molecular complexity index is 781. The van der Waals surface area contributed by atoms with Crippen LogP contribution in [0.1, 0.15) is 18.2 Å². The van der Waals surface area contributed by atoms with E-state index in [1.165, 1.54) is 5.56 Å². The summed E-state index contributed by atoms with van der Waals surface area (Å²) in [5.41, 5.74) is 3.09. The monoisotopic (exact) mass is 301 g/mol. The number of fused-ring (bicyclic) bond motifs is 1. The molecular formula is C15H16ClN5. The summed E-state index contributed by atoms with van der Waals surface area (Å²) in [5, 5.41) is 8.99. The minimum Gasteiger partial charge on any atom is -0.365 e. The average molecular weight is 302 g/mol. The van der Waals surface area contributed by atoms with Gasteiger partial charge < -0.3 is 5.32 Å². The van der Waals surface area contributed by atoms with Gasteiger partial charge in [-0.1, -0.05) is 19.1 Å². The smallest absolute Gasteiger partial charge is 0.224 e. The lowest BCUT2D eigenvalue weighted by Gasteiger charge is -2.08. The third-order valence-corrected chi connectivity index (χ3v) is 3.52. The molecule has 0 amide bonds. The molecule has 0 fully saturated rings. The Morgan fingerprint density at radius 3 is 2.86 bits per heavy atom. The second kappa shape index (κ2) is 5.69.